The van der Waals surface area contributed by atoms with Crippen molar-refractivity contribution in [2.75, 3.05) is 60.4 Å². The van der Waals surface area contributed by atoms with Crippen LogP contribution in [0.5, 0.6) is 0 Å². The fourth-order valence-corrected chi connectivity index (χ4v) is 4.37. The lowest BCUT2D eigenvalue weighted by Crippen LogP contribution is -2.41. The van der Waals surface area contributed by atoms with E-state index in [0.29, 0.717) is 41.4 Å². The molecule has 5 rings (SSSR count). The molecule has 0 spiro atoms. The third-order valence-corrected chi connectivity index (χ3v) is 6.51. The molecule has 2 fully saturated rings. The third-order valence-electron chi connectivity index (χ3n) is 6.23. The molecule has 2 aromatic carbocycles. The first-order valence-electron chi connectivity index (χ1n) is 12.4. The van der Waals surface area contributed by atoms with Gasteiger partial charge < -0.3 is 35.6 Å². The summed E-state index contributed by atoms with van der Waals surface area (Å²) in [6.45, 7) is 4.57. The number of aromatic nitrogens is 2. The zero-order valence-electron chi connectivity index (χ0n) is 20.4. The predicted octanol–water partition coefficient (Wildman–Crippen LogP) is 4.75. The highest BCUT2D eigenvalue weighted by Crippen LogP contribution is 2.29. The van der Waals surface area contributed by atoms with E-state index in [0.717, 1.165) is 50.5 Å². The summed E-state index contributed by atoms with van der Waals surface area (Å²) in [6.07, 6.45) is 3.14. The second kappa shape index (κ2) is 12.1. The van der Waals surface area contributed by atoms with Gasteiger partial charge in [-0.3, -0.25) is 0 Å². The quantitative estimate of drug-likeness (QED) is 0.351. The average molecular weight is 524 g/mol. The fraction of sp³-hybridized carbons (Fsp3) is 0.346. The van der Waals surface area contributed by atoms with Crippen molar-refractivity contribution in [3.8, 4) is 0 Å². The number of urea groups is 1. The number of benzene rings is 2. The summed E-state index contributed by atoms with van der Waals surface area (Å²) < 4.78 is 10.8. The molecule has 2 saturated heterocycles. The van der Waals surface area contributed by atoms with Gasteiger partial charge in [0.1, 0.15) is 5.02 Å². The molecule has 37 heavy (non-hydrogen) atoms. The van der Waals surface area contributed by atoms with Gasteiger partial charge in [-0.05, 0) is 49.2 Å². The van der Waals surface area contributed by atoms with Crippen molar-refractivity contribution >= 4 is 52.1 Å². The van der Waals surface area contributed by atoms with E-state index in [2.05, 4.69) is 48.3 Å². The van der Waals surface area contributed by atoms with E-state index in [4.69, 9.17) is 21.1 Å². The molecule has 2 aliphatic heterocycles. The minimum atomic E-state index is -0.266. The SMILES string of the molecule is O=C(Nc1ccccc1Nc1nc(Nc2ccc(N3CCOCC3)cc2)ncc1Cl)NC1CCOCC1. The maximum absolute atomic E-state index is 12.6. The first-order chi connectivity index (χ1) is 18.1. The summed E-state index contributed by atoms with van der Waals surface area (Å²) in [6, 6.07) is 15.3. The molecule has 1 aromatic heterocycles. The van der Waals surface area contributed by atoms with Crippen LogP contribution in [0.15, 0.2) is 54.7 Å². The number of carbonyl (C=O) groups is 1. The molecule has 0 saturated carbocycles. The normalized spacial score (nSPS) is 16.2. The largest absolute Gasteiger partial charge is 0.381 e. The van der Waals surface area contributed by atoms with Gasteiger partial charge in [-0.1, -0.05) is 23.7 Å². The number of hydrogen-bond acceptors (Lipinski definition) is 8. The van der Waals surface area contributed by atoms with Crippen molar-refractivity contribution < 1.29 is 14.3 Å². The van der Waals surface area contributed by atoms with E-state index >= 15 is 0 Å². The number of rotatable bonds is 7. The molecule has 10 nitrogen and oxygen atoms in total. The molecule has 11 heteroatoms. The molecule has 0 atom stereocenters. The Hall–Kier alpha value is -3.60. The number of morpholine rings is 1. The number of anilines is 6. The smallest absolute Gasteiger partial charge is 0.319 e. The molecule has 0 aliphatic carbocycles. The van der Waals surface area contributed by atoms with Crippen molar-refractivity contribution in [1.82, 2.24) is 15.3 Å². The van der Waals surface area contributed by atoms with E-state index in [-0.39, 0.29) is 12.1 Å². The second-order valence-corrected chi connectivity index (χ2v) is 9.22. The predicted molar refractivity (Wildman–Crippen MR) is 146 cm³/mol. The highest BCUT2D eigenvalue weighted by molar-refractivity contribution is 6.33. The zero-order chi connectivity index (χ0) is 25.5. The molecule has 3 aromatic rings. The van der Waals surface area contributed by atoms with Gasteiger partial charge in [0.2, 0.25) is 5.95 Å². The summed E-state index contributed by atoms with van der Waals surface area (Å²) in [4.78, 5) is 23.7. The van der Waals surface area contributed by atoms with Gasteiger partial charge in [-0.15, -0.1) is 0 Å². The zero-order valence-corrected chi connectivity index (χ0v) is 21.1. The van der Waals surface area contributed by atoms with E-state index in [1.807, 2.05) is 36.4 Å². The summed E-state index contributed by atoms with van der Waals surface area (Å²) in [5, 5.41) is 12.7. The van der Waals surface area contributed by atoms with Gasteiger partial charge in [-0.2, -0.15) is 4.98 Å². The Morgan fingerprint density at radius 1 is 0.919 bits per heavy atom. The Morgan fingerprint density at radius 3 is 2.38 bits per heavy atom. The molecule has 194 valence electrons. The minimum Gasteiger partial charge on any atom is -0.381 e. The Labute approximate surface area is 220 Å². The third kappa shape index (κ3) is 6.79. The molecule has 2 aliphatic rings. The second-order valence-electron chi connectivity index (χ2n) is 8.82. The molecular weight excluding hydrogens is 494 g/mol. The van der Waals surface area contributed by atoms with E-state index in [1.165, 1.54) is 6.20 Å². The summed E-state index contributed by atoms with van der Waals surface area (Å²) in [7, 11) is 0. The van der Waals surface area contributed by atoms with Crippen LogP contribution in [0.25, 0.3) is 0 Å². The van der Waals surface area contributed by atoms with Crippen LogP contribution in [0, 0.1) is 0 Å². The number of carbonyl (C=O) groups excluding carboxylic acids is 1. The van der Waals surface area contributed by atoms with Crippen molar-refractivity contribution in [3.05, 3.63) is 59.8 Å². The van der Waals surface area contributed by atoms with Crippen LogP contribution < -0.4 is 26.2 Å². The first kappa shape index (κ1) is 25.1. The molecule has 0 bridgehead atoms. The van der Waals surface area contributed by atoms with E-state index in [9.17, 15) is 4.79 Å². The number of ether oxygens (including phenoxy) is 2. The van der Waals surface area contributed by atoms with Crippen molar-refractivity contribution in [2.45, 2.75) is 18.9 Å². The highest BCUT2D eigenvalue weighted by Gasteiger charge is 2.17. The molecule has 2 amide bonds. The van der Waals surface area contributed by atoms with E-state index in [1.54, 1.807) is 0 Å². The Balaban J connectivity index is 1.24. The summed E-state index contributed by atoms with van der Waals surface area (Å²) in [5.74, 6) is 0.817. The van der Waals surface area contributed by atoms with Crippen LogP contribution in [0.4, 0.5) is 39.3 Å². The number of para-hydroxylation sites is 2. The number of hydrogen-bond donors (Lipinski definition) is 4. The van der Waals surface area contributed by atoms with Crippen LogP contribution >= 0.6 is 11.6 Å². The van der Waals surface area contributed by atoms with Gasteiger partial charge in [0, 0.05) is 43.7 Å². The lowest BCUT2D eigenvalue weighted by atomic mass is 10.1. The van der Waals surface area contributed by atoms with Gasteiger partial charge in [-0.25, -0.2) is 9.78 Å². The summed E-state index contributed by atoms with van der Waals surface area (Å²) >= 11 is 6.40. The van der Waals surface area contributed by atoms with Gasteiger partial charge in [0.25, 0.3) is 0 Å². The molecule has 4 N–H and O–H groups in total. The Kier molecular flexibility index (Phi) is 8.19. The highest BCUT2D eigenvalue weighted by atomic mass is 35.5. The molecular formula is C26H30ClN7O3. The topological polar surface area (TPSA) is 113 Å². The van der Waals surface area contributed by atoms with Crippen LogP contribution in [0.2, 0.25) is 5.02 Å². The average Bonchev–Trinajstić information content (AvgIpc) is 2.93. The number of amides is 2. The van der Waals surface area contributed by atoms with Crippen molar-refractivity contribution in [1.29, 1.82) is 0 Å². The lowest BCUT2D eigenvalue weighted by molar-refractivity contribution is 0.0806. The minimum absolute atomic E-state index is 0.0988. The van der Waals surface area contributed by atoms with Crippen LogP contribution in [-0.2, 0) is 9.47 Å². The van der Waals surface area contributed by atoms with E-state index < -0.39 is 0 Å². The summed E-state index contributed by atoms with van der Waals surface area (Å²) in [5.41, 5.74) is 3.27. The maximum atomic E-state index is 12.6. The Bertz CT molecular complexity index is 1200. The maximum Gasteiger partial charge on any atom is 0.319 e. The van der Waals surface area contributed by atoms with Crippen molar-refractivity contribution in [2.24, 2.45) is 0 Å². The molecule has 3 heterocycles. The molecule has 0 radical (unpaired) electrons. The van der Waals surface area contributed by atoms with Gasteiger partial charge >= 0.3 is 6.03 Å². The fourth-order valence-electron chi connectivity index (χ4n) is 4.24. The number of nitrogens with zero attached hydrogens (tertiary/aromatic N) is 3. The van der Waals surface area contributed by atoms with Crippen LogP contribution in [0.3, 0.4) is 0 Å². The van der Waals surface area contributed by atoms with Gasteiger partial charge in [0.05, 0.1) is 30.8 Å². The monoisotopic (exact) mass is 523 g/mol. The van der Waals surface area contributed by atoms with Gasteiger partial charge in [0.15, 0.2) is 5.82 Å². The standard InChI is InChI=1S/C26H30ClN7O3/c27-21-17-28-25(29-18-5-7-20(8-6-18)34-11-15-37-16-12-34)33-24(21)31-22-3-1-2-4-23(22)32-26(35)30-19-9-13-36-14-10-19/h1-8,17,19H,9-16H2,(H2,30,32,35)(H2,28,29,31,33). The first-order valence-corrected chi connectivity index (χ1v) is 12.8. The van der Waals surface area contributed by atoms with Crippen LogP contribution in [-0.4, -0.2) is 61.6 Å². The number of nitrogens with one attached hydrogen (secondary N) is 4. The van der Waals surface area contributed by atoms with Crippen LogP contribution in [0.1, 0.15) is 12.8 Å². The molecule has 0 unspecified atom stereocenters. The number of halogens is 1. The lowest BCUT2D eigenvalue weighted by Gasteiger charge is -2.28. The van der Waals surface area contributed by atoms with Crippen molar-refractivity contribution in [3.63, 3.8) is 0 Å². The Morgan fingerprint density at radius 2 is 1.62 bits per heavy atom.